The van der Waals surface area contributed by atoms with Gasteiger partial charge in [0, 0.05) is 24.2 Å². The molecule has 0 aromatic heterocycles. The molecule has 1 rings (SSSR count). The van der Waals surface area contributed by atoms with E-state index in [0.717, 1.165) is 6.07 Å². The number of halogens is 1. The molecule has 0 unspecified atom stereocenters. The lowest BCUT2D eigenvalue weighted by molar-refractivity contribution is -0.385. The Morgan fingerprint density at radius 3 is 2.33 bits per heavy atom. The largest absolute Gasteiger partial charge is 0.336 e. The van der Waals surface area contributed by atoms with Crippen LogP contribution in [-0.2, 0) is 0 Å². The number of nitro benzene ring substituents is 1. The van der Waals surface area contributed by atoms with Gasteiger partial charge in [-0.05, 0) is 12.1 Å². The average Bonchev–Trinajstić information content (AvgIpc) is 2.46. The van der Waals surface area contributed by atoms with Crippen LogP contribution in [0, 0.1) is 32.8 Å². The quantitative estimate of drug-likeness (QED) is 0.592. The van der Waals surface area contributed by atoms with E-state index in [-0.39, 0.29) is 36.5 Å². The second kappa shape index (κ2) is 7.83. The van der Waals surface area contributed by atoms with Gasteiger partial charge in [-0.2, -0.15) is 10.5 Å². The van der Waals surface area contributed by atoms with E-state index >= 15 is 0 Å². The third kappa shape index (κ3) is 4.44. The molecule has 0 N–H and O–H groups in total. The number of hydrogen-bond acceptors (Lipinski definition) is 5. The summed E-state index contributed by atoms with van der Waals surface area (Å²) in [6, 6.07) is 7.55. The fourth-order valence-electron chi connectivity index (χ4n) is 1.69. The number of carbonyl (C=O) groups is 1. The zero-order valence-electron chi connectivity index (χ0n) is 11.0. The molecule has 108 valence electrons. The molecule has 0 aliphatic rings. The van der Waals surface area contributed by atoms with Crippen molar-refractivity contribution < 1.29 is 9.72 Å². The predicted octanol–water partition coefficient (Wildman–Crippen LogP) is 2.52. The van der Waals surface area contributed by atoms with E-state index in [9.17, 15) is 14.9 Å². The predicted molar refractivity (Wildman–Crippen MR) is 74.5 cm³/mol. The molecule has 7 nitrogen and oxygen atoms in total. The highest BCUT2D eigenvalue weighted by atomic mass is 35.5. The molecule has 1 amide bonds. The van der Waals surface area contributed by atoms with Crippen molar-refractivity contribution in [3.8, 4) is 12.1 Å². The monoisotopic (exact) mass is 306 g/mol. The molecule has 0 heterocycles. The molecule has 0 fully saturated rings. The minimum Gasteiger partial charge on any atom is -0.336 e. The summed E-state index contributed by atoms with van der Waals surface area (Å²) in [5.74, 6) is -0.594. The fraction of sp³-hybridized carbons (Fsp3) is 0.308. The zero-order chi connectivity index (χ0) is 15.8. The molecular formula is C13H11ClN4O3. The summed E-state index contributed by atoms with van der Waals surface area (Å²) in [4.78, 5) is 23.9. The van der Waals surface area contributed by atoms with Crippen molar-refractivity contribution in [3.63, 3.8) is 0 Å². The van der Waals surface area contributed by atoms with Crippen molar-refractivity contribution in [1.29, 1.82) is 10.5 Å². The first-order valence-electron chi connectivity index (χ1n) is 5.98. The molecule has 1 aromatic rings. The van der Waals surface area contributed by atoms with Gasteiger partial charge in [0.15, 0.2) is 0 Å². The van der Waals surface area contributed by atoms with Crippen LogP contribution in [0.1, 0.15) is 23.2 Å². The molecule has 0 atom stereocenters. The average molecular weight is 307 g/mol. The Bertz CT molecular complexity index is 615. The Morgan fingerprint density at radius 1 is 1.29 bits per heavy atom. The fourth-order valence-corrected chi connectivity index (χ4v) is 1.86. The molecule has 0 radical (unpaired) electrons. The van der Waals surface area contributed by atoms with Gasteiger partial charge in [-0.25, -0.2) is 0 Å². The summed E-state index contributed by atoms with van der Waals surface area (Å²) in [5, 5.41) is 28.3. The standard InChI is InChI=1S/C13H11ClN4O3/c14-10-3-4-11(12(9-10)18(20)21)13(19)17(7-1-5-15)8-2-6-16/h3-4,9H,1-2,7-8H2. The van der Waals surface area contributed by atoms with Crippen LogP contribution in [-0.4, -0.2) is 28.8 Å². The van der Waals surface area contributed by atoms with Gasteiger partial charge in [-0.15, -0.1) is 0 Å². The number of carbonyl (C=O) groups excluding carboxylic acids is 1. The molecule has 0 aliphatic carbocycles. The van der Waals surface area contributed by atoms with Crippen LogP contribution >= 0.6 is 11.6 Å². The number of nitriles is 2. The Labute approximate surface area is 126 Å². The second-order valence-electron chi connectivity index (χ2n) is 4.03. The smallest absolute Gasteiger partial charge is 0.283 e. The maximum Gasteiger partial charge on any atom is 0.283 e. The highest BCUT2D eigenvalue weighted by molar-refractivity contribution is 6.31. The van der Waals surface area contributed by atoms with E-state index in [2.05, 4.69) is 0 Å². The lowest BCUT2D eigenvalue weighted by Gasteiger charge is -2.20. The van der Waals surface area contributed by atoms with E-state index in [1.807, 2.05) is 12.1 Å². The molecule has 0 saturated heterocycles. The number of rotatable bonds is 6. The Hall–Kier alpha value is -2.64. The van der Waals surface area contributed by atoms with Gasteiger partial charge in [0.1, 0.15) is 5.56 Å². The molecular weight excluding hydrogens is 296 g/mol. The Balaban J connectivity index is 3.11. The molecule has 8 heteroatoms. The molecule has 0 aliphatic heterocycles. The molecule has 21 heavy (non-hydrogen) atoms. The van der Waals surface area contributed by atoms with E-state index in [1.165, 1.54) is 17.0 Å². The van der Waals surface area contributed by atoms with Gasteiger partial charge in [-0.1, -0.05) is 11.6 Å². The summed E-state index contributed by atoms with van der Waals surface area (Å²) in [7, 11) is 0. The van der Waals surface area contributed by atoms with Crippen LogP contribution in [0.5, 0.6) is 0 Å². The SMILES string of the molecule is N#CCCN(CCC#N)C(=O)c1ccc(Cl)cc1[N+](=O)[O-]. The summed E-state index contributed by atoms with van der Waals surface area (Å²) in [6.45, 7) is 0.216. The third-order valence-electron chi connectivity index (χ3n) is 2.66. The van der Waals surface area contributed by atoms with Crippen molar-refractivity contribution in [2.45, 2.75) is 12.8 Å². The van der Waals surface area contributed by atoms with Gasteiger partial charge < -0.3 is 4.90 Å². The summed E-state index contributed by atoms with van der Waals surface area (Å²) in [6.07, 6.45) is 0.164. The number of amides is 1. The zero-order valence-corrected chi connectivity index (χ0v) is 11.7. The highest BCUT2D eigenvalue weighted by Crippen LogP contribution is 2.24. The van der Waals surface area contributed by atoms with Crippen LogP contribution in [0.4, 0.5) is 5.69 Å². The minimum absolute atomic E-state index is 0.0819. The van der Waals surface area contributed by atoms with Crippen molar-refractivity contribution in [3.05, 3.63) is 38.9 Å². The number of hydrogen-bond donors (Lipinski definition) is 0. The second-order valence-corrected chi connectivity index (χ2v) is 4.46. The number of nitrogens with zero attached hydrogens (tertiary/aromatic N) is 4. The molecule has 0 bridgehead atoms. The summed E-state index contributed by atoms with van der Waals surface area (Å²) < 4.78 is 0. The molecule has 0 saturated carbocycles. The van der Waals surface area contributed by atoms with E-state index in [1.54, 1.807) is 0 Å². The van der Waals surface area contributed by atoms with E-state index in [0.29, 0.717) is 0 Å². The van der Waals surface area contributed by atoms with Gasteiger partial charge >= 0.3 is 0 Å². The van der Waals surface area contributed by atoms with Crippen LogP contribution in [0.2, 0.25) is 5.02 Å². The van der Waals surface area contributed by atoms with Gasteiger partial charge in [-0.3, -0.25) is 14.9 Å². The van der Waals surface area contributed by atoms with Crippen LogP contribution < -0.4 is 0 Å². The third-order valence-corrected chi connectivity index (χ3v) is 2.90. The first kappa shape index (κ1) is 16.4. The van der Waals surface area contributed by atoms with Crippen LogP contribution in [0.3, 0.4) is 0 Å². The summed E-state index contributed by atoms with van der Waals surface area (Å²) in [5.41, 5.74) is -0.508. The summed E-state index contributed by atoms with van der Waals surface area (Å²) >= 11 is 5.70. The van der Waals surface area contributed by atoms with Gasteiger partial charge in [0.2, 0.25) is 0 Å². The normalized spacial score (nSPS) is 9.48. The lowest BCUT2D eigenvalue weighted by atomic mass is 10.1. The molecule has 1 aromatic carbocycles. The van der Waals surface area contributed by atoms with Crippen molar-refractivity contribution >= 4 is 23.2 Å². The van der Waals surface area contributed by atoms with Crippen molar-refractivity contribution in [2.75, 3.05) is 13.1 Å². The van der Waals surface area contributed by atoms with Crippen LogP contribution in [0.25, 0.3) is 0 Å². The first-order chi connectivity index (χ1) is 10.0. The first-order valence-corrected chi connectivity index (χ1v) is 6.36. The van der Waals surface area contributed by atoms with Crippen molar-refractivity contribution in [1.82, 2.24) is 4.90 Å². The molecule has 0 spiro atoms. The highest BCUT2D eigenvalue weighted by Gasteiger charge is 2.24. The topological polar surface area (TPSA) is 111 Å². The van der Waals surface area contributed by atoms with Gasteiger partial charge in [0.25, 0.3) is 11.6 Å². The van der Waals surface area contributed by atoms with Crippen molar-refractivity contribution in [2.24, 2.45) is 0 Å². The van der Waals surface area contributed by atoms with E-state index < -0.39 is 16.5 Å². The number of benzene rings is 1. The minimum atomic E-state index is -0.689. The maximum absolute atomic E-state index is 12.4. The maximum atomic E-state index is 12.4. The van der Waals surface area contributed by atoms with E-state index in [4.69, 9.17) is 22.1 Å². The Morgan fingerprint density at radius 2 is 1.86 bits per heavy atom. The lowest BCUT2D eigenvalue weighted by Crippen LogP contribution is -2.33. The Kier molecular flexibility index (Phi) is 6.12. The van der Waals surface area contributed by atoms with Gasteiger partial charge in [0.05, 0.1) is 29.9 Å². The van der Waals surface area contributed by atoms with Crippen LogP contribution in [0.15, 0.2) is 18.2 Å². The number of nitro groups is 1.